The lowest BCUT2D eigenvalue weighted by molar-refractivity contribution is -0.145. The first-order chi connectivity index (χ1) is 16.9. The first kappa shape index (κ1) is 26.4. The van der Waals surface area contributed by atoms with Crippen LogP contribution in [0.15, 0.2) is 46.3 Å². The zero-order valence-electron chi connectivity index (χ0n) is 20.0. The molecule has 0 aromatic heterocycles. The number of hydrogen-bond acceptors (Lipinski definition) is 8. The van der Waals surface area contributed by atoms with Gasteiger partial charge in [-0.2, -0.15) is 0 Å². The van der Waals surface area contributed by atoms with Crippen molar-refractivity contribution in [2.45, 2.75) is 20.8 Å². The highest BCUT2D eigenvalue weighted by molar-refractivity contribution is 8.18. The topological polar surface area (TPSA) is 86.7 Å². The molecule has 1 amide bonds. The van der Waals surface area contributed by atoms with Gasteiger partial charge in [0.1, 0.15) is 5.75 Å². The maximum Gasteiger partial charge on any atom is 0.344 e. The monoisotopic (exact) mass is 518 g/mol. The van der Waals surface area contributed by atoms with Crippen molar-refractivity contribution in [3.63, 3.8) is 0 Å². The number of methoxy groups -OCH3 is 1. The molecular formula is C25H27ClN2O6S. The molecular weight excluding hydrogens is 492 g/mol. The molecule has 2 aromatic carbocycles. The zero-order valence-corrected chi connectivity index (χ0v) is 21.6. The second kappa shape index (κ2) is 12.5. The Balaban J connectivity index is 1.88. The van der Waals surface area contributed by atoms with Crippen LogP contribution in [0.1, 0.15) is 26.3 Å². The molecule has 0 atom stereocenters. The van der Waals surface area contributed by atoms with E-state index < -0.39 is 5.97 Å². The summed E-state index contributed by atoms with van der Waals surface area (Å²) in [5.74, 6) is 0.681. The maximum absolute atomic E-state index is 13.0. The fourth-order valence-corrected chi connectivity index (χ4v) is 4.53. The van der Waals surface area contributed by atoms with Gasteiger partial charge in [-0.1, -0.05) is 11.6 Å². The van der Waals surface area contributed by atoms with Crippen LogP contribution < -0.4 is 14.2 Å². The number of nitrogens with zero attached hydrogens (tertiary/aromatic N) is 2. The molecule has 1 aliphatic rings. The van der Waals surface area contributed by atoms with E-state index in [9.17, 15) is 9.59 Å². The number of amidine groups is 1. The molecule has 8 nitrogen and oxygen atoms in total. The molecule has 0 radical (unpaired) electrons. The third-order valence-electron chi connectivity index (χ3n) is 4.77. The summed E-state index contributed by atoms with van der Waals surface area (Å²) in [7, 11) is 1.60. The van der Waals surface area contributed by atoms with Gasteiger partial charge in [0.15, 0.2) is 23.3 Å². The molecule has 0 unspecified atom stereocenters. The second-order valence-electron chi connectivity index (χ2n) is 7.11. The third kappa shape index (κ3) is 6.70. The number of halogens is 1. The summed E-state index contributed by atoms with van der Waals surface area (Å²) in [5.41, 5.74) is 1.37. The van der Waals surface area contributed by atoms with Crippen molar-refractivity contribution in [2.75, 3.05) is 33.5 Å². The summed E-state index contributed by atoms with van der Waals surface area (Å²) in [6.07, 6.45) is 1.73. The molecule has 1 heterocycles. The third-order valence-corrected chi connectivity index (χ3v) is 6.06. The molecule has 0 bridgehead atoms. The van der Waals surface area contributed by atoms with Crippen LogP contribution >= 0.6 is 23.4 Å². The number of hydrogen-bond donors (Lipinski definition) is 0. The number of carbonyl (C=O) groups is 2. The molecule has 2 aromatic rings. The van der Waals surface area contributed by atoms with Gasteiger partial charge in [-0.3, -0.25) is 9.69 Å². The molecule has 0 saturated carbocycles. The van der Waals surface area contributed by atoms with E-state index in [0.29, 0.717) is 40.2 Å². The van der Waals surface area contributed by atoms with Crippen molar-refractivity contribution in [3.05, 3.63) is 51.9 Å². The first-order valence-corrected chi connectivity index (χ1v) is 12.3. The zero-order chi connectivity index (χ0) is 25.4. The number of ether oxygens (including phenoxy) is 4. The second-order valence-corrected chi connectivity index (χ2v) is 8.53. The van der Waals surface area contributed by atoms with Gasteiger partial charge in [0.05, 0.1) is 35.9 Å². The molecule has 0 spiro atoms. The van der Waals surface area contributed by atoms with Gasteiger partial charge in [0.25, 0.3) is 5.91 Å². The summed E-state index contributed by atoms with van der Waals surface area (Å²) in [6.45, 7) is 6.24. The number of rotatable bonds is 10. The van der Waals surface area contributed by atoms with Crippen LogP contribution in [0.25, 0.3) is 6.08 Å². The molecule has 186 valence electrons. The summed E-state index contributed by atoms with van der Waals surface area (Å²) in [6, 6.07) is 10.7. The summed E-state index contributed by atoms with van der Waals surface area (Å²) >= 11 is 7.73. The van der Waals surface area contributed by atoms with Crippen molar-refractivity contribution in [1.29, 1.82) is 0 Å². The Morgan fingerprint density at radius 1 is 1.11 bits per heavy atom. The van der Waals surface area contributed by atoms with Crippen molar-refractivity contribution in [1.82, 2.24) is 4.90 Å². The van der Waals surface area contributed by atoms with E-state index >= 15 is 0 Å². The highest BCUT2D eigenvalue weighted by atomic mass is 35.5. The first-order valence-electron chi connectivity index (χ1n) is 11.1. The van der Waals surface area contributed by atoms with Crippen molar-refractivity contribution in [3.8, 4) is 17.2 Å². The van der Waals surface area contributed by atoms with Gasteiger partial charge in [-0.05, 0) is 80.6 Å². The predicted molar refractivity (Wildman–Crippen MR) is 138 cm³/mol. The van der Waals surface area contributed by atoms with E-state index in [2.05, 4.69) is 4.99 Å². The van der Waals surface area contributed by atoms with Gasteiger partial charge >= 0.3 is 5.97 Å². The number of aliphatic imine (C=N–C) groups is 1. The van der Waals surface area contributed by atoms with E-state index in [1.165, 1.54) is 11.8 Å². The molecule has 1 aliphatic heterocycles. The Morgan fingerprint density at radius 2 is 1.86 bits per heavy atom. The average Bonchev–Trinajstić information content (AvgIpc) is 3.12. The highest BCUT2D eigenvalue weighted by Gasteiger charge is 2.32. The lowest BCUT2D eigenvalue weighted by Crippen LogP contribution is -2.28. The lowest BCUT2D eigenvalue weighted by atomic mass is 10.1. The van der Waals surface area contributed by atoms with Crippen LogP contribution in [0.2, 0.25) is 5.02 Å². The maximum atomic E-state index is 13.0. The van der Waals surface area contributed by atoms with Crippen LogP contribution in [0.5, 0.6) is 17.2 Å². The standard InChI is InChI=1S/C25H27ClN2O6S/c1-5-28-24(30)21(35-25(28)27-17-8-10-18(31-4)11-9-17)14-16-12-19(26)23(20(13-16)32-6-2)34-15-22(29)33-7-3/h8-14H,5-7,15H2,1-4H3/b21-14+,27-25?. The van der Waals surface area contributed by atoms with E-state index in [1.807, 2.05) is 38.1 Å². The van der Waals surface area contributed by atoms with Crippen LogP contribution in [0.3, 0.4) is 0 Å². The Kier molecular flexibility index (Phi) is 9.45. The minimum Gasteiger partial charge on any atom is -0.497 e. The van der Waals surface area contributed by atoms with E-state index in [4.69, 9.17) is 30.5 Å². The SMILES string of the molecule is CCOC(=O)COc1c(Cl)cc(/C=C2/SC(=Nc3ccc(OC)cc3)N(CC)C2=O)cc1OCC. The van der Waals surface area contributed by atoms with Gasteiger partial charge in [-0.25, -0.2) is 9.79 Å². The fourth-order valence-electron chi connectivity index (χ4n) is 3.20. The summed E-state index contributed by atoms with van der Waals surface area (Å²) in [4.78, 5) is 31.5. The Bertz CT molecular complexity index is 1130. The molecule has 0 aliphatic carbocycles. The molecule has 3 rings (SSSR count). The van der Waals surface area contributed by atoms with Gasteiger partial charge < -0.3 is 18.9 Å². The van der Waals surface area contributed by atoms with Gasteiger partial charge in [-0.15, -0.1) is 0 Å². The van der Waals surface area contributed by atoms with Gasteiger partial charge in [0.2, 0.25) is 0 Å². The molecule has 10 heteroatoms. The minimum absolute atomic E-state index is 0.151. The van der Waals surface area contributed by atoms with E-state index in [1.54, 1.807) is 37.1 Å². The fraction of sp³-hybridized carbons (Fsp3) is 0.320. The largest absolute Gasteiger partial charge is 0.497 e. The molecule has 1 fully saturated rings. The van der Waals surface area contributed by atoms with E-state index in [0.717, 1.165) is 5.75 Å². The van der Waals surface area contributed by atoms with Gasteiger partial charge in [0, 0.05) is 6.54 Å². The van der Waals surface area contributed by atoms with Crippen LogP contribution in [-0.4, -0.2) is 55.4 Å². The van der Waals surface area contributed by atoms with Crippen molar-refractivity contribution in [2.24, 2.45) is 4.99 Å². The quantitative estimate of drug-likeness (QED) is 0.311. The van der Waals surface area contributed by atoms with Crippen LogP contribution in [-0.2, 0) is 14.3 Å². The number of thioether (sulfide) groups is 1. The number of esters is 1. The number of benzene rings is 2. The Labute approximate surface area is 213 Å². The highest BCUT2D eigenvalue weighted by Crippen LogP contribution is 2.39. The van der Waals surface area contributed by atoms with Crippen LogP contribution in [0, 0.1) is 0 Å². The smallest absolute Gasteiger partial charge is 0.344 e. The predicted octanol–water partition coefficient (Wildman–Crippen LogP) is 5.31. The summed E-state index contributed by atoms with van der Waals surface area (Å²) < 4.78 is 21.3. The Morgan fingerprint density at radius 3 is 2.49 bits per heavy atom. The average molecular weight is 519 g/mol. The normalized spacial score (nSPS) is 15.6. The molecule has 35 heavy (non-hydrogen) atoms. The Hall–Kier alpha value is -3.17. The number of likely N-dealkylation sites (N-methyl/N-ethyl adjacent to an activating group) is 1. The van der Waals surface area contributed by atoms with Crippen molar-refractivity contribution < 1.29 is 28.5 Å². The molecule has 1 saturated heterocycles. The lowest BCUT2D eigenvalue weighted by Gasteiger charge is -2.14. The number of carbonyl (C=O) groups excluding carboxylic acids is 2. The van der Waals surface area contributed by atoms with Crippen molar-refractivity contribution >= 4 is 52.2 Å². The summed E-state index contributed by atoms with van der Waals surface area (Å²) in [5, 5.41) is 0.835. The number of amides is 1. The van der Waals surface area contributed by atoms with E-state index in [-0.39, 0.29) is 29.9 Å². The molecule has 0 N–H and O–H groups in total. The minimum atomic E-state index is -0.506. The van der Waals surface area contributed by atoms with Crippen LogP contribution in [0.4, 0.5) is 5.69 Å².